The Kier molecular flexibility index (Phi) is 8.28. The van der Waals surface area contributed by atoms with Crippen LogP contribution in [0.2, 0.25) is 0 Å². The van der Waals surface area contributed by atoms with Crippen molar-refractivity contribution in [2.75, 3.05) is 13.7 Å². The van der Waals surface area contributed by atoms with Crippen LogP contribution in [0.25, 0.3) is 0 Å². The molecule has 2 saturated heterocycles. The highest BCUT2D eigenvalue weighted by Gasteiger charge is 2.77. The molecule has 8 nitrogen and oxygen atoms in total. The minimum atomic E-state index is -1.67. The molecule has 3 fully saturated rings. The van der Waals surface area contributed by atoms with Gasteiger partial charge in [0, 0.05) is 31.1 Å². The van der Waals surface area contributed by atoms with E-state index in [1.807, 2.05) is 58.0 Å². The molecule has 8 heteroatoms. The van der Waals surface area contributed by atoms with E-state index >= 15 is 0 Å². The second kappa shape index (κ2) is 11.9. The minimum absolute atomic E-state index is 0.0245. The number of hydrogen-bond donors (Lipinski definition) is 1. The number of hydrogen-bond acceptors (Lipinski definition) is 8. The van der Waals surface area contributed by atoms with E-state index in [0.29, 0.717) is 41.9 Å². The summed E-state index contributed by atoms with van der Waals surface area (Å²) in [5.74, 6) is -1.11. The van der Waals surface area contributed by atoms with Crippen molar-refractivity contribution in [2.45, 2.75) is 102 Å². The maximum Gasteiger partial charge on any atom is 0.310 e. The van der Waals surface area contributed by atoms with E-state index in [9.17, 15) is 14.7 Å². The van der Waals surface area contributed by atoms with Crippen LogP contribution < -0.4 is 9.47 Å². The average Bonchev–Trinajstić information content (AvgIpc) is 3.35. The predicted octanol–water partition coefficient (Wildman–Crippen LogP) is 6.88. The molecule has 2 aliphatic heterocycles. The molecule has 8 atom stereocenters. The van der Waals surface area contributed by atoms with Crippen LogP contribution in [-0.2, 0) is 36.6 Å². The van der Waals surface area contributed by atoms with E-state index in [2.05, 4.69) is 31.7 Å². The van der Waals surface area contributed by atoms with Crippen LogP contribution in [0.1, 0.15) is 71.9 Å². The highest BCUT2D eigenvalue weighted by molar-refractivity contribution is 6.04. The van der Waals surface area contributed by atoms with E-state index in [-0.39, 0.29) is 43.2 Å². The summed E-state index contributed by atoms with van der Waals surface area (Å²) >= 11 is 0. The highest BCUT2D eigenvalue weighted by Crippen LogP contribution is 2.72. The Morgan fingerprint density at radius 2 is 1.82 bits per heavy atom. The first kappa shape index (κ1) is 34.7. The van der Waals surface area contributed by atoms with Crippen molar-refractivity contribution in [3.05, 3.63) is 95.1 Å². The van der Waals surface area contributed by atoms with Crippen LogP contribution in [0.3, 0.4) is 0 Å². The van der Waals surface area contributed by atoms with Crippen molar-refractivity contribution in [3.8, 4) is 11.5 Å². The fraction of sp³-hybridized carbons (Fsp3) is 0.524. The molecule has 50 heavy (non-hydrogen) atoms. The number of rotatable bonds is 9. The van der Waals surface area contributed by atoms with Crippen LogP contribution in [0, 0.1) is 23.2 Å². The largest absolute Gasteiger partial charge is 0.493 e. The molecule has 2 aromatic carbocycles. The number of carbonyl (C=O) groups excluding carboxylic acids is 2. The molecule has 1 N–H and O–H groups in total. The molecular formula is C42H50O8. The monoisotopic (exact) mass is 682 g/mol. The van der Waals surface area contributed by atoms with Gasteiger partial charge < -0.3 is 28.8 Å². The van der Waals surface area contributed by atoms with E-state index in [1.165, 1.54) is 0 Å². The standard InChI is InChI=1S/C42H50O8/c1-25(2)42-20-27(4)40-24-39(50-42,21-28-12-10-9-11-13-28)49-37(42)31(40)17-30(22-41(45)34(40)16-26(3)36(41)44)23-47-35(43)19-29-14-15-32(33(18-29)46-8)48-38(5,6)7/h9-18,27,31,34,37,45H,1,19-24H2,2-8H3/t27-,31+,34+,37-,39?,40+,41-,42-/m1/s1. The second-order valence-electron chi connectivity index (χ2n) is 16.4. The fourth-order valence-electron chi connectivity index (χ4n) is 9.89. The Bertz CT molecular complexity index is 1790. The maximum atomic E-state index is 13.9. The maximum absolute atomic E-state index is 13.9. The molecule has 0 aromatic heterocycles. The van der Waals surface area contributed by atoms with Crippen LogP contribution >= 0.6 is 0 Å². The second-order valence-corrected chi connectivity index (χ2v) is 16.4. The molecule has 0 radical (unpaired) electrons. The topological polar surface area (TPSA) is 101 Å². The van der Waals surface area contributed by atoms with Gasteiger partial charge in [0.25, 0.3) is 0 Å². The van der Waals surface area contributed by atoms with Gasteiger partial charge in [-0.3, -0.25) is 9.59 Å². The summed E-state index contributed by atoms with van der Waals surface area (Å²) in [6, 6.07) is 15.6. The Morgan fingerprint density at radius 1 is 1.08 bits per heavy atom. The van der Waals surface area contributed by atoms with Gasteiger partial charge in [-0.25, -0.2) is 0 Å². The van der Waals surface area contributed by atoms with E-state index in [1.54, 1.807) is 26.2 Å². The van der Waals surface area contributed by atoms with Crippen LogP contribution in [0.5, 0.6) is 11.5 Å². The number of carbonyl (C=O) groups is 2. The number of fused-ring (bicyclic) bond motifs is 2. The first-order valence-electron chi connectivity index (χ1n) is 17.8. The van der Waals surface area contributed by atoms with Crippen LogP contribution in [-0.4, -0.2) is 59.3 Å². The fourth-order valence-corrected chi connectivity index (χ4v) is 9.89. The van der Waals surface area contributed by atoms with Crippen molar-refractivity contribution >= 4 is 11.8 Å². The van der Waals surface area contributed by atoms with Gasteiger partial charge in [0.15, 0.2) is 23.1 Å². The smallest absolute Gasteiger partial charge is 0.310 e. The zero-order valence-corrected chi connectivity index (χ0v) is 30.3. The van der Waals surface area contributed by atoms with Gasteiger partial charge in [-0.05, 0) is 92.4 Å². The zero-order chi connectivity index (χ0) is 35.9. The summed E-state index contributed by atoms with van der Waals surface area (Å²) < 4.78 is 31.7. The molecule has 0 spiro atoms. The molecule has 5 aliphatic rings. The molecule has 2 heterocycles. The summed E-state index contributed by atoms with van der Waals surface area (Å²) in [5, 5.41) is 12.6. The lowest BCUT2D eigenvalue weighted by Gasteiger charge is -2.60. The molecule has 1 unspecified atom stereocenters. The Labute approximate surface area is 295 Å². The summed E-state index contributed by atoms with van der Waals surface area (Å²) in [6.07, 6.45) is 5.60. The van der Waals surface area contributed by atoms with Crippen molar-refractivity contribution < 1.29 is 38.4 Å². The lowest BCUT2D eigenvalue weighted by molar-refractivity contribution is -0.249. The molecule has 7 rings (SSSR count). The lowest BCUT2D eigenvalue weighted by Crippen LogP contribution is -2.65. The van der Waals surface area contributed by atoms with E-state index in [0.717, 1.165) is 16.7 Å². The quantitative estimate of drug-likeness (QED) is 0.226. The number of ether oxygens (including phenoxy) is 5. The first-order valence-corrected chi connectivity index (χ1v) is 17.8. The minimum Gasteiger partial charge on any atom is -0.493 e. The van der Waals surface area contributed by atoms with E-state index < -0.39 is 39.9 Å². The van der Waals surface area contributed by atoms with Gasteiger partial charge in [0.1, 0.15) is 29.5 Å². The van der Waals surface area contributed by atoms with Gasteiger partial charge in [-0.15, -0.1) is 0 Å². The third-order valence-corrected chi connectivity index (χ3v) is 11.8. The number of ketones is 1. The van der Waals surface area contributed by atoms with Gasteiger partial charge in [0.05, 0.1) is 13.5 Å². The van der Waals surface area contributed by atoms with Crippen molar-refractivity contribution in [1.29, 1.82) is 0 Å². The van der Waals surface area contributed by atoms with Crippen molar-refractivity contribution in [1.82, 2.24) is 0 Å². The lowest BCUT2D eigenvalue weighted by atomic mass is 9.47. The summed E-state index contributed by atoms with van der Waals surface area (Å²) in [4.78, 5) is 27.2. The van der Waals surface area contributed by atoms with Gasteiger partial charge >= 0.3 is 5.97 Å². The number of methoxy groups -OCH3 is 1. The number of Topliss-reactive ketones (excluding diaryl/α,β-unsaturated/α-hetero) is 1. The SMILES string of the molecule is C=C(C)[C@]12C[C@@H](C)[C@@]34CC(Cc5ccccc5)(O[C@@H]1[C@@H]3C=C(COC(=O)Cc1ccc(OC(C)(C)C)c(OC)c1)C[C@]1(O)C(=O)C(C)=C[C@@H]41)O2. The van der Waals surface area contributed by atoms with Crippen LogP contribution in [0.4, 0.5) is 0 Å². The van der Waals surface area contributed by atoms with Crippen molar-refractivity contribution in [2.24, 2.45) is 23.2 Å². The third kappa shape index (κ3) is 5.46. The molecule has 1 saturated carbocycles. The highest BCUT2D eigenvalue weighted by atomic mass is 16.8. The summed E-state index contributed by atoms with van der Waals surface area (Å²) in [6.45, 7) is 16.3. The van der Waals surface area contributed by atoms with Crippen LogP contribution in [0.15, 0.2) is 84.0 Å². The number of esters is 1. The molecule has 2 aromatic rings. The van der Waals surface area contributed by atoms with Gasteiger partial charge in [-0.1, -0.05) is 62.1 Å². The van der Waals surface area contributed by atoms with Gasteiger partial charge in [-0.2, -0.15) is 0 Å². The molecule has 3 bridgehead atoms. The summed E-state index contributed by atoms with van der Waals surface area (Å²) in [7, 11) is 1.57. The summed E-state index contributed by atoms with van der Waals surface area (Å²) in [5.41, 5.74) is 0.641. The predicted molar refractivity (Wildman–Crippen MR) is 189 cm³/mol. The number of benzene rings is 2. The van der Waals surface area contributed by atoms with Gasteiger partial charge in [0.2, 0.25) is 0 Å². The molecule has 3 aliphatic carbocycles. The third-order valence-electron chi connectivity index (χ3n) is 11.8. The van der Waals surface area contributed by atoms with Crippen molar-refractivity contribution in [3.63, 3.8) is 0 Å². The zero-order valence-electron chi connectivity index (χ0n) is 30.3. The Hall–Kier alpha value is -3.72. The molecule has 266 valence electrons. The average molecular weight is 683 g/mol. The molecule has 0 amide bonds. The number of aliphatic hydroxyl groups is 1. The molecular weight excluding hydrogens is 632 g/mol. The Balaban J connectivity index is 1.22. The Morgan fingerprint density at radius 3 is 2.50 bits per heavy atom. The first-order chi connectivity index (χ1) is 23.5. The normalized spacial score (nSPS) is 35.4. The van der Waals surface area contributed by atoms with E-state index in [4.69, 9.17) is 23.7 Å².